The number of nitrogens with zero attached hydrogens (tertiary/aromatic N) is 5. The minimum atomic E-state index is -1.07. The van der Waals surface area contributed by atoms with E-state index in [1.165, 1.54) is 12.4 Å². The van der Waals surface area contributed by atoms with Crippen LogP contribution in [0.2, 0.25) is 0 Å². The number of fused-ring (bicyclic) bond motifs is 1. The van der Waals surface area contributed by atoms with Gasteiger partial charge in [0.2, 0.25) is 0 Å². The van der Waals surface area contributed by atoms with Gasteiger partial charge < -0.3 is 14.6 Å². The van der Waals surface area contributed by atoms with Crippen LogP contribution in [0.4, 0.5) is 5.82 Å². The number of rotatable bonds is 2. The highest BCUT2D eigenvalue weighted by Gasteiger charge is 2.20. The fourth-order valence-electron chi connectivity index (χ4n) is 2.03. The maximum absolute atomic E-state index is 10.7. The van der Waals surface area contributed by atoms with Crippen molar-refractivity contribution < 1.29 is 9.90 Å². The van der Waals surface area contributed by atoms with Crippen LogP contribution in [-0.4, -0.2) is 37.1 Å². The van der Waals surface area contributed by atoms with Crippen molar-refractivity contribution in [2.24, 2.45) is 0 Å². The van der Waals surface area contributed by atoms with Gasteiger partial charge in [-0.05, 0) is 15.9 Å². The van der Waals surface area contributed by atoms with E-state index < -0.39 is 5.97 Å². The van der Waals surface area contributed by atoms with E-state index in [1.54, 1.807) is 0 Å². The Morgan fingerprint density at radius 2 is 2.05 bits per heavy atom. The van der Waals surface area contributed by atoms with Gasteiger partial charge in [0.1, 0.15) is 5.82 Å². The molecule has 3 heterocycles. The summed E-state index contributed by atoms with van der Waals surface area (Å²) in [5.41, 5.74) is 1.04. The SMILES string of the molecule is O=C(O)c1cnc(N2CCn3c(cnc3Br)C2)cn1. The van der Waals surface area contributed by atoms with E-state index in [-0.39, 0.29) is 5.69 Å². The highest BCUT2D eigenvalue weighted by molar-refractivity contribution is 9.10. The molecular weight excluding hydrogens is 314 g/mol. The fourth-order valence-corrected chi connectivity index (χ4v) is 2.54. The number of carboxylic acids is 1. The molecule has 3 rings (SSSR count). The molecule has 0 spiro atoms. The fraction of sp³-hybridized carbons (Fsp3) is 0.273. The van der Waals surface area contributed by atoms with E-state index in [1.807, 2.05) is 11.1 Å². The third-order valence-electron chi connectivity index (χ3n) is 3.02. The number of hydrogen-bond donors (Lipinski definition) is 1. The molecule has 8 heteroatoms. The number of carbonyl (C=O) groups is 1. The van der Waals surface area contributed by atoms with E-state index in [0.29, 0.717) is 12.4 Å². The Morgan fingerprint density at radius 1 is 1.21 bits per heavy atom. The van der Waals surface area contributed by atoms with Crippen LogP contribution >= 0.6 is 15.9 Å². The van der Waals surface area contributed by atoms with Gasteiger partial charge in [-0.2, -0.15) is 0 Å². The first kappa shape index (κ1) is 12.1. The molecule has 0 radical (unpaired) electrons. The van der Waals surface area contributed by atoms with Gasteiger partial charge in [-0.15, -0.1) is 0 Å². The first-order valence-corrected chi connectivity index (χ1v) is 6.44. The molecule has 0 aromatic carbocycles. The molecule has 0 fully saturated rings. The molecule has 0 saturated carbocycles. The Morgan fingerprint density at radius 3 is 2.74 bits per heavy atom. The van der Waals surface area contributed by atoms with Crippen LogP contribution in [0, 0.1) is 0 Å². The van der Waals surface area contributed by atoms with Crippen molar-refractivity contribution in [3.8, 4) is 0 Å². The van der Waals surface area contributed by atoms with Gasteiger partial charge in [0.15, 0.2) is 10.4 Å². The van der Waals surface area contributed by atoms with Crippen LogP contribution in [0.15, 0.2) is 23.3 Å². The van der Waals surface area contributed by atoms with E-state index >= 15 is 0 Å². The molecule has 0 amide bonds. The smallest absolute Gasteiger partial charge is 0.356 e. The minimum absolute atomic E-state index is 0.0476. The molecule has 1 aliphatic heterocycles. The molecule has 7 nitrogen and oxygen atoms in total. The van der Waals surface area contributed by atoms with Gasteiger partial charge in [0.25, 0.3) is 0 Å². The zero-order chi connectivity index (χ0) is 13.4. The molecule has 19 heavy (non-hydrogen) atoms. The van der Waals surface area contributed by atoms with Crippen molar-refractivity contribution in [3.05, 3.63) is 34.7 Å². The molecule has 0 unspecified atom stereocenters. The average Bonchev–Trinajstić information content (AvgIpc) is 2.80. The maximum atomic E-state index is 10.7. The lowest BCUT2D eigenvalue weighted by atomic mass is 10.3. The van der Waals surface area contributed by atoms with Crippen LogP contribution in [0.1, 0.15) is 16.2 Å². The summed E-state index contributed by atoms with van der Waals surface area (Å²) in [6.07, 6.45) is 4.58. The van der Waals surface area contributed by atoms with E-state index in [2.05, 4.69) is 35.4 Å². The van der Waals surface area contributed by atoms with E-state index in [0.717, 1.165) is 23.5 Å². The second-order valence-corrected chi connectivity index (χ2v) is 4.87. The molecule has 0 atom stereocenters. The lowest BCUT2D eigenvalue weighted by Crippen LogP contribution is -2.34. The predicted octanol–water partition coefficient (Wildman–Crippen LogP) is 1.15. The third kappa shape index (κ3) is 2.19. The predicted molar refractivity (Wildman–Crippen MR) is 70.0 cm³/mol. The Kier molecular flexibility index (Phi) is 2.94. The number of hydrogen-bond acceptors (Lipinski definition) is 5. The minimum Gasteiger partial charge on any atom is -0.476 e. The number of anilines is 1. The van der Waals surface area contributed by atoms with Crippen molar-refractivity contribution in [2.75, 3.05) is 11.4 Å². The number of imidazole rings is 1. The highest BCUT2D eigenvalue weighted by atomic mass is 79.9. The largest absolute Gasteiger partial charge is 0.476 e. The first-order valence-electron chi connectivity index (χ1n) is 5.65. The summed E-state index contributed by atoms with van der Waals surface area (Å²) in [5, 5.41) is 8.79. The summed E-state index contributed by atoms with van der Waals surface area (Å²) in [7, 11) is 0. The lowest BCUT2D eigenvalue weighted by molar-refractivity contribution is 0.0690. The molecular formula is C11H10BrN5O2. The van der Waals surface area contributed by atoms with Crippen molar-refractivity contribution in [2.45, 2.75) is 13.1 Å². The molecule has 1 N–H and O–H groups in total. The first-order chi connectivity index (χ1) is 9.15. The van der Waals surface area contributed by atoms with Gasteiger partial charge in [0, 0.05) is 13.1 Å². The van der Waals surface area contributed by atoms with Crippen molar-refractivity contribution >= 4 is 27.7 Å². The third-order valence-corrected chi connectivity index (χ3v) is 3.65. The normalized spacial score (nSPS) is 14.3. The number of aromatic nitrogens is 4. The summed E-state index contributed by atoms with van der Waals surface area (Å²) in [4.78, 5) is 25.0. The summed E-state index contributed by atoms with van der Waals surface area (Å²) >= 11 is 3.39. The van der Waals surface area contributed by atoms with Crippen molar-refractivity contribution in [3.63, 3.8) is 0 Å². The average molecular weight is 324 g/mol. The molecule has 2 aromatic heterocycles. The van der Waals surface area contributed by atoms with Gasteiger partial charge in [-0.3, -0.25) is 0 Å². The van der Waals surface area contributed by atoms with Gasteiger partial charge in [0.05, 0.1) is 30.8 Å². The maximum Gasteiger partial charge on any atom is 0.356 e. The highest BCUT2D eigenvalue weighted by Crippen LogP contribution is 2.21. The molecule has 0 bridgehead atoms. The molecule has 98 valence electrons. The van der Waals surface area contributed by atoms with Crippen LogP contribution in [0.5, 0.6) is 0 Å². The second-order valence-electron chi connectivity index (χ2n) is 4.16. The van der Waals surface area contributed by atoms with Crippen LogP contribution in [0.25, 0.3) is 0 Å². The Hall–Kier alpha value is -1.96. The zero-order valence-electron chi connectivity index (χ0n) is 9.82. The summed E-state index contributed by atoms with van der Waals surface area (Å²) in [5.74, 6) is -0.395. The number of halogens is 1. The topological polar surface area (TPSA) is 84.1 Å². The standard InChI is InChI=1S/C11H10BrN5O2/c12-11-15-3-7-6-16(1-2-17(7)11)9-5-13-8(4-14-9)10(18)19/h3-5H,1-2,6H2,(H,18,19). The van der Waals surface area contributed by atoms with Crippen molar-refractivity contribution in [1.29, 1.82) is 0 Å². The van der Waals surface area contributed by atoms with Crippen LogP contribution in [-0.2, 0) is 13.1 Å². The van der Waals surface area contributed by atoms with Crippen molar-refractivity contribution in [1.82, 2.24) is 19.5 Å². The number of aromatic carboxylic acids is 1. The van der Waals surface area contributed by atoms with Gasteiger partial charge in [-0.1, -0.05) is 0 Å². The molecule has 0 saturated heterocycles. The van der Waals surface area contributed by atoms with Gasteiger partial charge in [-0.25, -0.2) is 19.7 Å². The zero-order valence-corrected chi connectivity index (χ0v) is 11.4. The van der Waals surface area contributed by atoms with Crippen LogP contribution < -0.4 is 4.90 Å². The number of carboxylic acid groups (broad SMARTS) is 1. The second kappa shape index (κ2) is 4.61. The van der Waals surface area contributed by atoms with Gasteiger partial charge >= 0.3 is 5.97 Å². The Labute approximate surface area is 117 Å². The Balaban J connectivity index is 1.83. The summed E-state index contributed by atoms with van der Waals surface area (Å²) in [6, 6.07) is 0. The van der Waals surface area contributed by atoms with E-state index in [9.17, 15) is 4.79 Å². The Bertz CT molecular complexity index is 625. The molecule has 1 aliphatic rings. The van der Waals surface area contributed by atoms with Crippen LogP contribution in [0.3, 0.4) is 0 Å². The lowest BCUT2D eigenvalue weighted by Gasteiger charge is -2.29. The quantitative estimate of drug-likeness (QED) is 0.892. The summed E-state index contributed by atoms with van der Waals surface area (Å²) < 4.78 is 2.92. The monoisotopic (exact) mass is 323 g/mol. The summed E-state index contributed by atoms with van der Waals surface area (Å²) in [6.45, 7) is 2.26. The molecule has 0 aliphatic carbocycles. The molecule has 2 aromatic rings. The van der Waals surface area contributed by atoms with E-state index in [4.69, 9.17) is 5.11 Å².